The zero-order valence-electron chi connectivity index (χ0n) is 20.8. The van der Waals surface area contributed by atoms with Crippen LogP contribution in [0.2, 0.25) is 0 Å². The van der Waals surface area contributed by atoms with Gasteiger partial charge in [0.15, 0.2) is 0 Å². The first-order chi connectivity index (χ1) is 17.7. The van der Waals surface area contributed by atoms with Gasteiger partial charge in [0, 0.05) is 12.3 Å². The molecule has 10 heteroatoms. The number of fused-ring (bicyclic) bond motifs is 1. The summed E-state index contributed by atoms with van der Waals surface area (Å²) in [5, 5.41) is 26.0. The maximum atomic E-state index is 12.6. The van der Waals surface area contributed by atoms with Gasteiger partial charge in [-0.05, 0) is 55.7 Å². The molecule has 0 spiro atoms. The van der Waals surface area contributed by atoms with Crippen LogP contribution in [0.3, 0.4) is 0 Å². The molecule has 0 aliphatic carbocycles. The molecule has 0 unspecified atom stereocenters. The molecule has 0 saturated heterocycles. The first kappa shape index (κ1) is 28.8. The minimum absolute atomic E-state index is 0.0622. The Labute approximate surface area is 214 Å². The smallest absolute Gasteiger partial charge is 0.347 e. The number of hydrogen-bond donors (Lipinski definition) is 3. The van der Waals surface area contributed by atoms with Crippen LogP contribution in [0.5, 0.6) is 5.75 Å². The van der Waals surface area contributed by atoms with Gasteiger partial charge in [-0.3, -0.25) is 9.59 Å². The summed E-state index contributed by atoms with van der Waals surface area (Å²) in [7, 11) is 1.38. The number of ether oxygens (including phenoxy) is 2. The summed E-state index contributed by atoms with van der Waals surface area (Å²) in [6, 6.07) is 4.73. The van der Waals surface area contributed by atoms with Crippen molar-refractivity contribution in [3.05, 3.63) is 83.3 Å². The van der Waals surface area contributed by atoms with E-state index in [2.05, 4.69) is 15.3 Å². The third kappa shape index (κ3) is 9.98. The molecule has 0 aromatic heterocycles. The van der Waals surface area contributed by atoms with Gasteiger partial charge in [-0.25, -0.2) is 4.79 Å². The number of hydrogen-bond acceptors (Lipinski definition) is 9. The fourth-order valence-corrected chi connectivity index (χ4v) is 3.05. The highest BCUT2D eigenvalue weighted by Crippen LogP contribution is 2.27. The highest BCUT2D eigenvalue weighted by Gasteiger charge is 2.20. The Balaban J connectivity index is 1.84. The molecule has 37 heavy (non-hydrogen) atoms. The van der Waals surface area contributed by atoms with Crippen molar-refractivity contribution in [2.75, 3.05) is 7.11 Å². The second-order valence-corrected chi connectivity index (χ2v) is 7.87. The topological polar surface area (TPSA) is 144 Å². The number of allylic oxidation sites excluding steroid dienone is 4. The fraction of sp³-hybridized carbons (Fsp3) is 0.259. The van der Waals surface area contributed by atoms with E-state index >= 15 is 0 Å². The predicted octanol–water partition coefficient (Wildman–Crippen LogP) is 3.30. The number of aromatic hydroxyl groups is 1. The van der Waals surface area contributed by atoms with E-state index in [4.69, 9.17) is 9.47 Å². The van der Waals surface area contributed by atoms with Gasteiger partial charge in [-0.15, -0.1) is 0 Å². The molecular formula is C27H30N2O8. The largest absolute Gasteiger partial charge is 0.507 e. The van der Waals surface area contributed by atoms with Gasteiger partial charge in [0.1, 0.15) is 30.3 Å². The Bertz CT molecular complexity index is 1160. The van der Waals surface area contributed by atoms with Crippen molar-refractivity contribution in [1.29, 1.82) is 0 Å². The number of carbonyl (C=O) groups is 3. The minimum atomic E-state index is -1.00. The standard InChI is InChI=1S/C27H30N2O8/c1-18-11-13-20-7-4-9-22(31)26(20)27(34)37-23(18)14-12-19(2)36-25(33)17-21(30)8-5-15-28-24(32)10-6-16-29-35-3/h4-7,9-16,19,21,30-31H,8,17H2,1-3H3,(H,28,32)/b10-6+,13-11-,14-12+,15-5+,23-18-,29-16+/t19-,21-/m0/s1. The van der Waals surface area contributed by atoms with E-state index in [0.717, 1.165) is 0 Å². The number of benzene rings is 1. The van der Waals surface area contributed by atoms with Gasteiger partial charge in [0.25, 0.3) is 0 Å². The Hall–Kier alpha value is -4.44. The molecule has 0 fully saturated rings. The van der Waals surface area contributed by atoms with Crippen LogP contribution in [0.4, 0.5) is 0 Å². The summed E-state index contributed by atoms with van der Waals surface area (Å²) in [4.78, 5) is 40.7. The summed E-state index contributed by atoms with van der Waals surface area (Å²) in [5.74, 6) is -1.67. The third-order valence-electron chi connectivity index (χ3n) is 4.87. The molecule has 10 nitrogen and oxygen atoms in total. The van der Waals surface area contributed by atoms with Crippen LogP contribution in [0.1, 0.15) is 42.6 Å². The van der Waals surface area contributed by atoms with E-state index in [0.29, 0.717) is 11.1 Å². The number of aliphatic hydroxyl groups excluding tert-OH is 1. The Morgan fingerprint density at radius 3 is 2.81 bits per heavy atom. The molecule has 1 heterocycles. The normalized spacial score (nSPS) is 18.3. The highest BCUT2D eigenvalue weighted by molar-refractivity contribution is 5.97. The first-order valence-electron chi connectivity index (χ1n) is 11.4. The van der Waals surface area contributed by atoms with Gasteiger partial charge in [-0.1, -0.05) is 35.5 Å². The number of aliphatic hydroxyl groups is 1. The Morgan fingerprint density at radius 2 is 2.05 bits per heavy atom. The molecule has 1 amide bonds. The zero-order valence-corrected chi connectivity index (χ0v) is 20.8. The summed E-state index contributed by atoms with van der Waals surface area (Å²) in [6.07, 6.45) is 11.5. The lowest BCUT2D eigenvalue weighted by Gasteiger charge is -2.15. The number of phenolic OH excluding ortho intramolecular Hbond substituents is 1. The van der Waals surface area contributed by atoms with Gasteiger partial charge >= 0.3 is 11.9 Å². The minimum Gasteiger partial charge on any atom is -0.507 e. The van der Waals surface area contributed by atoms with Crippen molar-refractivity contribution in [1.82, 2.24) is 5.32 Å². The SMILES string of the molecule is CO/N=C/C=C/C(=O)N/C=C/C[C@H](O)CC(=O)O[C@@H](C)/C=C/C1=C(C)/C=C\c2cccc(O)c2C(=O)O1. The van der Waals surface area contributed by atoms with Crippen LogP contribution in [-0.2, 0) is 23.9 Å². The number of nitrogens with one attached hydrogen (secondary N) is 1. The second-order valence-electron chi connectivity index (χ2n) is 7.87. The summed E-state index contributed by atoms with van der Waals surface area (Å²) in [6.45, 7) is 3.38. The number of phenols is 1. The summed E-state index contributed by atoms with van der Waals surface area (Å²) < 4.78 is 10.7. The summed E-state index contributed by atoms with van der Waals surface area (Å²) >= 11 is 0. The molecule has 196 valence electrons. The Morgan fingerprint density at radius 1 is 1.27 bits per heavy atom. The molecule has 1 aromatic rings. The highest BCUT2D eigenvalue weighted by atomic mass is 16.6. The number of cyclic esters (lactones) is 1. The molecule has 2 rings (SSSR count). The maximum absolute atomic E-state index is 12.6. The first-order valence-corrected chi connectivity index (χ1v) is 11.4. The van der Waals surface area contributed by atoms with Crippen molar-refractivity contribution in [3.63, 3.8) is 0 Å². The van der Waals surface area contributed by atoms with Crippen molar-refractivity contribution in [2.45, 2.75) is 38.9 Å². The quantitative estimate of drug-likeness (QED) is 0.178. The van der Waals surface area contributed by atoms with Crippen molar-refractivity contribution < 1.29 is 38.9 Å². The lowest BCUT2D eigenvalue weighted by Crippen LogP contribution is -2.19. The van der Waals surface area contributed by atoms with Gasteiger partial charge in [0.2, 0.25) is 5.91 Å². The number of nitrogens with zero attached hydrogens (tertiary/aromatic N) is 1. The molecule has 0 bridgehead atoms. The van der Waals surface area contributed by atoms with Gasteiger partial charge in [0.05, 0.1) is 18.7 Å². The van der Waals surface area contributed by atoms with Crippen LogP contribution >= 0.6 is 0 Å². The number of carbonyl (C=O) groups excluding carboxylic acids is 3. The lowest BCUT2D eigenvalue weighted by molar-refractivity contribution is -0.148. The van der Waals surface area contributed by atoms with Crippen LogP contribution in [-0.4, -0.2) is 53.6 Å². The van der Waals surface area contributed by atoms with Crippen molar-refractivity contribution in [3.8, 4) is 5.75 Å². The van der Waals surface area contributed by atoms with Crippen LogP contribution in [0.25, 0.3) is 6.08 Å². The monoisotopic (exact) mass is 510 g/mol. The van der Waals surface area contributed by atoms with Gasteiger partial charge in [-0.2, -0.15) is 0 Å². The predicted molar refractivity (Wildman–Crippen MR) is 137 cm³/mol. The molecule has 1 aromatic carbocycles. The number of rotatable bonds is 11. The summed E-state index contributed by atoms with van der Waals surface area (Å²) in [5.41, 5.74) is 1.26. The van der Waals surface area contributed by atoms with Gasteiger partial charge < -0.3 is 29.8 Å². The van der Waals surface area contributed by atoms with Crippen molar-refractivity contribution in [2.24, 2.45) is 5.16 Å². The maximum Gasteiger partial charge on any atom is 0.347 e. The lowest BCUT2D eigenvalue weighted by atomic mass is 10.0. The molecule has 0 saturated carbocycles. The molecule has 3 N–H and O–H groups in total. The van der Waals surface area contributed by atoms with E-state index in [-0.39, 0.29) is 29.9 Å². The third-order valence-corrected chi connectivity index (χ3v) is 4.87. The second kappa shape index (κ2) is 14.8. The average molecular weight is 511 g/mol. The number of amides is 1. The average Bonchev–Trinajstić information content (AvgIpc) is 2.84. The molecule has 0 radical (unpaired) electrons. The number of esters is 2. The van der Waals surface area contributed by atoms with E-state index in [1.54, 1.807) is 38.1 Å². The molecule has 1 aliphatic rings. The zero-order chi connectivity index (χ0) is 27.2. The fourth-order valence-electron chi connectivity index (χ4n) is 3.05. The Kier molecular flexibility index (Phi) is 11.6. The molecule has 2 atom stereocenters. The molecule has 1 aliphatic heterocycles. The van der Waals surface area contributed by atoms with E-state index in [9.17, 15) is 24.6 Å². The molecular weight excluding hydrogens is 480 g/mol. The van der Waals surface area contributed by atoms with Crippen LogP contribution in [0, 0.1) is 0 Å². The van der Waals surface area contributed by atoms with Crippen LogP contribution < -0.4 is 5.32 Å². The number of oxime groups is 1. The van der Waals surface area contributed by atoms with Crippen LogP contribution in [0.15, 0.2) is 77.3 Å². The van der Waals surface area contributed by atoms with Crippen molar-refractivity contribution >= 4 is 30.1 Å². The van der Waals surface area contributed by atoms with E-state index in [1.807, 2.05) is 0 Å². The van der Waals surface area contributed by atoms with E-state index < -0.39 is 30.1 Å². The van der Waals surface area contributed by atoms with E-state index in [1.165, 1.54) is 56.0 Å².